The van der Waals surface area contributed by atoms with Crippen LogP contribution in [0.1, 0.15) is 6.92 Å². The van der Waals surface area contributed by atoms with E-state index in [9.17, 15) is 4.79 Å². The predicted octanol–water partition coefficient (Wildman–Crippen LogP) is 0.478. The van der Waals surface area contributed by atoms with Crippen molar-refractivity contribution in [3.8, 4) is 0 Å². The molecule has 0 aromatic heterocycles. The van der Waals surface area contributed by atoms with E-state index >= 15 is 0 Å². The molecule has 0 rings (SSSR count). The van der Waals surface area contributed by atoms with Crippen molar-refractivity contribution in [2.45, 2.75) is 17.5 Å². The zero-order valence-corrected chi connectivity index (χ0v) is 5.52. The topological polar surface area (TPSA) is 17.1 Å². The average Bonchev–Trinajstić information content (AvgIpc) is 1.61. The molecule has 0 saturated carbocycles. The molecule has 0 aliphatic carbocycles. The normalized spacial score (nSPS) is 7.50. The van der Waals surface area contributed by atoms with Crippen LogP contribution in [-0.2, 0) is 4.79 Å². The summed E-state index contributed by atoms with van der Waals surface area (Å²) in [5.41, 5.74) is 0. The van der Waals surface area contributed by atoms with Gasteiger partial charge in [-0.25, -0.2) is 0 Å². The maximum atomic E-state index is 9.60. The third kappa shape index (κ3) is 4.20. The first-order chi connectivity index (χ1) is 2.91. The summed E-state index contributed by atoms with van der Waals surface area (Å²) in [5.74, 6) is 0. The Morgan fingerprint density at radius 2 is 2.50 bits per heavy atom. The highest BCUT2D eigenvalue weighted by atomic mass is 27.1. The summed E-state index contributed by atoms with van der Waals surface area (Å²) in [6, 6.07) is 0. The molecule has 0 fully saturated rings. The summed E-state index contributed by atoms with van der Waals surface area (Å²) in [7, 11) is 0. The largest absolute Gasteiger partial charge is 0.305 e. The van der Waals surface area contributed by atoms with Gasteiger partial charge in [-0.2, -0.15) is 0 Å². The molecule has 0 bridgehead atoms. The van der Waals surface area contributed by atoms with Crippen molar-refractivity contribution >= 4 is 21.5 Å². The minimum absolute atomic E-state index is 0.0536. The fourth-order valence-corrected chi connectivity index (χ4v) is 0.862. The van der Waals surface area contributed by atoms with Crippen molar-refractivity contribution in [1.29, 1.82) is 0 Å². The zero-order chi connectivity index (χ0) is 4.83. The third-order valence-electron chi connectivity index (χ3n) is 0.676. The Bertz CT molecular complexity index is 36.5. The van der Waals surface area contributed by atoms with Crippen LogP contribution in [-0.4, -0.2) is 21.5 Å². The maximum absolute atomic E-state index is 9.60. The molecule has 0 aromatic rings. The molecular formula is C4H9AlO. The van der Waals surface area contributed by atoms with Crippen LogP contribution in [0.4, 0.5) is 0 Å². The Labute approximate surface area is 44.5 Å². The molecule has 1 nitrogen and oxygen atoms in total. The molecule has 6 heavy (non-hydrogen) atoms. The van der Waals surface area contributed by atoms with Crippen molar-refractivity contribution in [3.63, 3.8) is 0 Å². The number of rotatable bonds is 3. The van der Waals surface area contributed by atoms with Gasteiger partial charge in [-0.3, -0.25) is 0 Å². The second kappa shape index (κ2) is 5.20. The Kier molecular flexibility index (Phi) is 5.38. The molecule has 0 atom stereocenters. The Hall–Kier alpha value is 0.202. The van der Waals surface area contributed by atoms with Gasteiger partial charge in [-0.1, -0.05) is 12.2 Å². The van der Waals surface area contributed by atoms with E-state index in [1.807, 2.05) is 0 Å². The van der Waals surface area contributed by atoms with Gasteiger partial charge in [0.15, 0.2) is 0 Å². The Morgan fingerprint density at radius 1 is 1.83 bits per heavy atom. The molecule has 0 aliphatic rings. The van der Waals surface area contributed by atoms with E-state index in [-0.39, 0.29) is 15.2 Å². The van der Waals surface area contributed by atoms with Crippen molar-refractivity contribution in [3.05, 3.63) is 0 Å². The van der Waals surface area contributed by atoms with Crippen LogP contribution >= 0.6 is 0 Å². The van der Waals surface area contributed by atoms with E-state index in [0.29, 0.717) is 0 Å². The van der Waals surface area contributed by atoms with E-state index in [1.165, 1.54) is 5.28 Å². The lowest BCUT2D eigenvalue weighted by molar-refractivity contribution is -0.106. The highest BCUT2D eigenvalue weighted by Crippen LogP contribution is 1.75. The van der Waals surface area contributed by atoms with E-state index in [0.717, 1.165) is 11.6 Å². The van der Waals surface area contributed by atoms with Crippen molar-refractivity contribution in [2.24, 2.45) is 0 Å². The molecule has 0 radical (unpaired) electrons. The molecule has 0 heterocycles. The van der Waals surface area contributed by atoms with Gasteiger partial charge in [0.25, 0.3) is 0 Å². The van der Waals surface area contributed by atoms with Gasteiger partial charge in [0, 0.05) is 0 Å². The summed E-state index contributed by atoms with van der Waals surface area (Å²) in [5, 5.41) is 2.13. The summed E-state index contributed by atoms with van der Waals surface area (Å²) in [6.45, 7) is 2.13. The van der Waals surface area contributed by atoms with E-state index < -0.39 is 0 Å². The highest BCUT2D eigenvalue weighted by Gasteiger charge is 1.82. The van der Waals surface area contributed by atoms with Gasteiger partial charge in [0.1, 0.15) is 6.29 Å². The molecule has 0 amide bonds. The molecule has 0 saturated heterocycles. The Balaban J connectivity index is 2.49. The first-order valence-corrected chi connectivity index (χ1v) is 4.35. The molecule has 0 unspecified atom stereocenters. The van der Waals surface area contributed by atoms with Crippen LogP contribution in [0.2, 0.25) is 10.6 Å². The van der Waals surface area contributed by atoms with E-state index in [1.54, 1.807) is 0 Å². The lowest BCUT2D eigenvalue weighted by Gasteiger charge is -1.73. The van der Waals surface area contributed by atoms with Crippen molar-refractivity contribution in [2.75, 3.05) is 0 Å². The summed E-state index contributed by atoms with van der Waals surface area (Å²) >= 11 is 0.0536. The van der Waals surface area contributed by atoms with E-state index in [2.05, 4.69) is 6.92 Å². The number of aldehydes is 1. The predicted molar refractivity (Wildman–Crippen MR) is 28.5 cm³/mol. The highest BCUT2D eigenvalue weighted by molar-refractivity contribution is 6.39. The fraction of sp³-hybridized carbons (Fsp3) is 0.750. The monoisotopic (exact) mass is 100 g/mol. The number of hydrogen-bond acceptors (Lipinski definition) is 1. The Morgan fingerprint density at radius 3 is 2.67 bits per heavy atom. The van der Waals surface area contributed by atoms with Gasteiger partial charge in [0.05, 0.1) is 0 Å². The standard InChI is InChI=1S/C2H3O.C2H5.Al.H/c1-2-3;1-2;;/h2H,1H2;1H2,2H3;;. The first-order valence-electron chi connectivity index (χ1n) is 2.35. The SMILES string of the molecule is C[CH2][AlH][CH2]C=O. The molecule has 0 spiro atoms. The van der Waals surface area contributed by atoms with E-state index in [4.69, 9.17) is 0 Å². The minimum atomic E-state index is 0.0536. The van der Waals surface area contributed by atoms with Gasteiger partial charge in [-0.05, 0) is 5.28 Å². The lowest BCUT2D eigenvalue weighted by atomic mass is 10.9. The summed E-state index contributed by atoms with van der Waals surface area (Å²) < 4.78 is 0. The van der Waals surface area contributed by atoms with Gasteiger partial charge in [-0.15, -0.1) is 0 Å². The summed E-state index contributed by atoms with van der Waals surface area (Å²) in [6.07, 6.45) is 1.02. The number of hydrogen-bond donors (Lipinski definition) is 0. The van der Waals surface area contributed by atoms with Crippen molar-refractivity contribution in [1.82, 2.24) is 0 Å². The van der Waals surface area contributed by atoms with Crippen molar-refractivity contribution < 1.29 is 4.79 Å². The van der Waals surface area contributed by atoms with Gasteiger partial charge >= 0.3 is 0 Å². The van der Waals surface area contributed by atoms with Crippen LogP contribution in [0.5, 0.6) is 0 Å². The van der Waals surface area contributed by atoms with Crippen LogP contribution in [0.25, 0.3) is 0 Å². The maximum Gasteiger partial charge on any atom is 0.246 e. The van der Waals surface area contributed by atoms with Crippen LogP contribution < -0.4 is 0 Å². The van der Waals surface area contributed by atoms with Crippen LogP contribution in [0.15, 0.2) is 0 Å². The average molecular weight is 100 g/mol. The smallest absolute Gasteiger partial charge is 0.246 e. The van der Waals surface area contributed by atoms with Crippen LogP contribution in [0, 0.1) is 0 Å². The van der Waals surface area contributed by atoms with Gasteiger partial charge in [0.2, 0.25) is 15.2 Å². The molecule has 0 N–H and O–H groups in total. The summed E-state index contributed by atoms with van der Waals surface area (Å²) in [4.78, 5) is 9.60. The second-order valence-electron chi connectivity index (χ2n) is 1.31. The van der Waals surface area contributed by atoms with Gasteiger partial charge < -0.3 is 4.79 Å². The van der Waals surface area contributed by atoms with Crippen LogP contribution in [0.3, 0.4) is 0 Å². The zero-order valence-electron chi connectivity index (χ0n) is 4.11. The first kappa shape index (κ1) is 6.20. The number of carbonyl (C=O) groups is 1. The lowest BCUT2D eigenvalue weighted by Crippen LogP contribution is -1.83. The minimum Gasteiger partial charge on any atom is -0.305 e. The molecule has 34 valence electrons. The molecule has 0 aliphatic heterocycles. The third-order valence-corrected chi connectivity index (χ3v) is 2.03. The quantitative estimate of drug-likeness (QED) is 0.286. The molecular weight excluding hydrogens is 91.0 g/mol. The molecule has 2 heteroatoms. The number of carbonyl (C=O) groups excluding carboxylic acids is 1. The fourth-order valence-electron chi connectivity index (χ4n) is 0.287. The molecule has 0 aromatic carbocycles. The second-order valence-corrected chi connectivity index (χ2v) is 3.59.